The van der Waals surface area contributed by atoms with Gasteiger partial charge >= 0.3 is 5.69 Å². The van der Waals surface area contributed by atoms with Crippen molar-refractivity contribution in [2.24, 2.45) is 4.99 Å². The van der Waals surface area contributed by atoms with Crippen LogP contribution in [0, 0.1) is 5.82 Å². The van der Waals surface area contributed by atoms with E-state index in [9.17, 15) is 14.0 Å². The summed E-state index contributed by atoms with van der Waals surface area (Å²) in [5.41, 5.74) is -0.847. The Bertz CT molecular complexity index is 493. The van der Waals surface area contributed by atoms with Gasteiger partial charge < -0.3 is 4.90 Å². The van der Waals surface area contributed by atoms with Crippen LogP contribution in [-0.4, -0.2) is 40.8 Å². The van der Waals surface area contributed by atoms with Gasteiger partial charge in [-0.05, 0) is 0 Å². The van der Waals surface area contributed by atoms with Crippen LogP contribution >= 0.6 is 0 Å². The maximum Gasteiger partial charge on any atom is 0.356 e. The minimum atomic E-state index is -0.847. The average Bonchev–Trinajstić information content (AvgIpc) is 2.18. The molecule has 0 unspecified atom stereocenters. The molecule has 0 atom stereocenters. The van der Waals surface area contributed by atoms with Gasteiger partial charge in [0.25, 0.3) is 0 Å². The molecule has 1 heterocycles. The van der Waals surface area contributed by atoms with E-state index in [0.29, 0.717) is 4.57 Å². The molecule has 6 nitrogen and oxygen atoms in total. The lowest BCUT2D eigenvalue weighted by Crippen LogP contribution is -2.27. The Morgan fingerprint density at radius 3 is 2.75 bits per heavy atom. The molecular formula is C9H11FN4O2. The maximum atomic E-state index is 13.3. The summed E-state index contributed by atoms with van der Waals surface area (Å²) in [4.78, 5) is 30.7. The monoisotopic (exact) mass is 226 g/mol. The second-order valence-corrected chi connectivity index (χ2v) is 3.29. The van der Waals surface area contributed by atoms with Gasteiger partial charge in [0, 0.05) is 21.0 Å². The zero-order chi connectivity index (χ0) is 12.3. The van der Waals surface area contributed by atoms with Crippen LogP contribution in [0.2, 0.25) is 0 Å². The van der Waals surface area contributed by atoms with Gasteiger partial charge in [0.1, 0.15) is 0 Å². The quantitative estimate of drug-likeness (QED) is 0.536. The van der Waals surface area contributed by atoms with Gasteiger partial charge in [-0.25, -0.2) is 18.7 Å². The maximum absolute atomic E-state index is 13.3. The molecular weight excluding hydrogens is 215 g/mol. The van der Waals surface area contributed by atoms with Crippen molar-refractivity contribution in [1.29, 1.82) is 0 Å². The summed E-state index contributed by atoms with van der Waals surface area (Å²) < 4.78 is 13.9. The molecule has 0 spiro atoms. The SMILES string of the molecule is CC(=O)n1cc(F)c(/N=C/N(C)C)nc1=O. The van der Waals surface area contributed by atoms with Gasteiger partial charge in [0.05, 0.1) is 12.5 Å². The minimum absolute atomic E-state index is 0.337. The van der Waals surface area contributed by atoms with E-state index >= 15 is 0 Å². The predicted molar refractivity (Wildman–Crippen MR) is 56.6 cm³/mol. The van der Waals surface area contributed by atoms with E-state index in [-0.39, 0.29) is 5.82 Å². The van der Waals surface area contributed by atoms with Crippen molar-refractivity contribution in [3.05, 3.63) is 22.5 Å². The molecule has 0 radical (unpaired) electrons. The molecule has 0 aromatic carbocycles. The Balaban J connectivity index is 3.21. The third-order valence-corrected chi connectivity index (χ3v) is 1.61. The van der Waals surface area contributed by atoms with Crippen LogP contribution in [-0.2, 0) is 0 Å². The van der Waals surface area contributed by atoms with Crippen LogP contribution in [0.1, 0.15) is 11.7 Å². The third kappa shape index (κ3) is 2.72. The number of nitrogens with zero attached hydrogens (tertiary/aromatic N) is 4. The third-order valence-electron chi connectivity index (χ3n) is 1.61. The Morgan fingerprint density at radius 2 is 2.25 bits per heavy atom. The Hall–Kier alpha value is -2.05. The summed E-state index contributed by atoms with van der Waals surface area (Å²) in [5, 5.41) is 0. The van der Waals surface area contributed by atoms with Crippen molar-refractivity contribution in [2.45, 2.75) is 6.92 Å². The first kappa shape index (κ1) is 12.0. The largest absolute Gasteiger partial charge is 0.369 e. The second kappa shape index (κ2) is 4.65. The average molecular weight is 226 g/mol. The Labute approximate surface area is 91.0 Å². The topological polar surface area (TPSA) is 67.6 Å². The van der Waals surface area contributed by atoms with Crippen LogP contribution in [0.5, 0.6) is 0 Å². The number of hydrogen-bond acceptors (Lipinski definition) is 4. The fourth-order valence-corrected chi connectivity index (χ4v) is 0.910. The summed E-state index contributed by atoms with van der Waals surface area (Å²) in [6, 6.07) is 0. The molecule has 86 valence electrons. The number of hydrogen-bond donors (Lipinski definition) is 0. The van der Waals surface area contributed by atoms with Crippen molar-refractivity contribution in [1.82, 2.24) is 14.5 Å². The smallest absolute Gasteiger partial charge is 0.356 e. The second-order valence-electron chi connectivity index (χ2n) is 3.29. The molecule has 16 heavy (non-hydrogen) atoms. The van der Waals surface area contributed by atoms with Gasteiger partial charge in [-0.3, -0.25) is 4.79 Å². The van der Waals surface area contributed by atoms with Crippen molar-refractivity contribution in [3.63, 3.8) is 0 Å². The van der Waals surface area contributed by atoms with Crippen LogP contribution < -0.4 is 5.69 Å². The summed E-state index contributed by atoms with van der Waals surface area (Å²) >= 11 is 0. The van der Waals surface area contributed by atoms with E-state index in [2.05, 4.69) is 9.98 Å². The molecule has 0 aliphatic rings. The molecule has 0 saturated carbocycles. The molecule has 0 amide bonds. The van der Waals surface area contributed by atoms with E-state index in [0.717, 1.165) is 13.1 Å². The van der Waals surface area contributed by atoms with E-state index < -0.39 is 17.4 Å². The van der Waals surface area contributed by atoms with Gasteiger partial charge in [-0.1, -0.05) is 0 Å². The molecule has 1 aromatic heterocycles. The Morgan fingerprint density at radius 1 is 1.62 bits per heavy atom. The van der Waals surface area contributed by atoms with Crippen LogP contribution in [0.15, 0.2) is 16.0 Å². The zero-order valence-electron chi connectivity index (χ0n) is 9.14. The molecule has 1 rings (SSSR count). The van der Waals surface area contributed by atoms with Crippen molar-refractivity contribution >= 4 is 18.1 Å². The molecule has 0 N–H and O–H groups in total. The van der Waals surface area contributed by atoms with Crippen molar-refractivity contribution in [2.75, 3.05) is 14.1 Å². The van der Waals surface area contributed by atoms with Crippen LogP contribution in [0.4, 0.5) is 10.2 Å². The van der Waals surface area contributed by atoms with E-state index in [4.69, 9.17) is 0 Å². The molecule has 0 saturated heterocycles. The minimum Gasteiger partial charge on any atom is -0.369 e. The number of aliphatic imine (C=N–C) groups is 1. The van der Waals surface area contributed by atoms with Gasteiger partial charge in [0.2, 0.25) is 5.91 Å². The van der Waals surface area contributed by atoms with Gasteiger partial charge in [-0.15, -0.1) is 0 Å². The number of halogens is 1. The summed E-state index contributed by atoms with van der Waals surface area (Å²) in [7, 11) is 3.39. The molecule has 7 heteroatoms. The highest BCUT2D eigenvalue weighted by molar-refractivity contribution is 5.75. The summed E-state index contributed by atoms with van der Waals surface area (Å²) in [6.45, 7) is 1.14. The number of carbonyl (C=O) groups excluding carboxylic acids is 1. The van der Waals surface area contributed by atoms with Crippen LogP contribution in [0.25, 0.3) is 0 Å². The van der Waals surface area contributed by atoms with E-state index in [1.807, 2.05) is 0 Å². The lowest BCUT2D eigenvalue weighted by atomic mass is 10.5. The predicted octanol–water partition coefficient (Wildman–Crippen LogP) is 0.264. The molecule has 0 bridgehead atoms. The molecule has 0 aliphatic heterocycles. The normalized spacial score (nSPS) is 10.8. The fraction of sp³-hybridized carbons (Fsp3) is 0.333. The van der Waals surface area contributed by atoms with Crippen LogP contribution in [0.3, 0.4) is 0 Å². The Kier molecular flexibility index (Phi) is 3.49. The van der Waals surface area contributed by atoms with E-state index in [1.165, 1.54) is 6.34 Å². The number of aromatic nitrogens is 2. The van der Waals surface area contributed by atoms with Gasteiger partial charge in [0.15, 0.2) is 11.6 Å². The standard InChI is InChI=1S/C9H11FN4O2/c1-6(15)14-4-7(10)8(12-9(14)16)11-5-13(2)3/h4-5H,1-3H3/b11-5+. The summed E-state index contributed by atoms with van der Waals surface area (Å²) in [5.74, 6) is -1.76. The first-order valence-corrected chi connectivity index (χ1v) is 4.42. The van der Waals surface area contributed by atoms with Crippen molar-refractivity contribution < 1.29 is 9.18 Å². The van der Waals surface area contributed by atoms with E-state index in [1.54, 1.807) is 19.0 Å². The first-order valence-electron chi connectivity index (χ1n) is 4.42. The lowest BCUT2D eigenvalue weighted by molar-refractivity contribution is 0.0929. The summed E-state index contributed by atoms with van der Waals surface area (Å²) in [6.07, 6.45) is 2.09. The molecule has 0 fully saturated rings. The molecule has 0 aliphatic carbocycles. The lowest BCUT2D eigenvalue weighted by Gasteiger charge is -2.03. The van der Waals surface area contributed by atoms with Crippen molar-refractivity contribution in [3.8, 4) is 0 Å². The number of carbonyl (C=O) groups is 1. The first-order chi connectivity index (χ1) is 7.41. The van der Waals surface area contributed by atoms with Gasteiger partial charge in [-0.2, -0.15) is 4.98 Å². The number of rotatable bonds is 2. The fourth-order valence-electron chi connectivity index (χ4n) is 0.910. The highest BCUT2D eigenvalue weighted by Gasteiger charge is 2.09. The molecule has 1 aromatic rings. The highest BCUT2D eigenvalue weighted by Crippen LogP contribution is 2.09. The zero-order valence-corrected chi connectivity index (χ0v) is 9.14. The highest BCUT2D eigenvalue weighted by atomic mass is 19.1.